The zero-order chi connectivity index (χ0) is 11.6. The van der Waals surface area contributed by atoms with Crippen molar-refractivity contribution in [1.29, 1.82) is 0 Å². The van der Waals surface area contributed by atoms with E-state index in [4.69, 9.17) is 11.6 Å². The Morgan fingerprint density at radius 2 is 1.93 bits per heavy atom. The SMILES string of the molecule is OC(CS)C(O)c1ccc(F)c(Cl)c1F. The molecule has 0 heterocycles. The summed E-state index contributed by atoms with van der Waals surface area (Å²) in [4.78, 5) is 0. The second kappa shape index (κ2) is 5.12. The molecule has 2 atom stereocenters. The maximum absolute atomic E-state index is 13.3. The minimum absolute atomic E-state index is 0.0460. The monoisotopic (exact) mass is 254 g/mol. The van der Waals surface area contributed by atoms with E-state index >= 15 is 0 Å². The molecule has 2 nitrogen and oxygen atoms in total. The van der Waals surface area contributed by atoms with Crippen LogP contribution in [0.4, 0.5) is 8.78 Å². The first-order valence-corrected chi connectivity index (χ1v) is 5.10. The zero-order valence-electron chi connectivity index (χ0n) is 7.49. The molecular weight excluding hydrogens is 246 g/mol. The van der Waals surface area contributed by atoms with Gasteiger partial charge in [-0.2, -0.15) is 12.6 Å². The maximum atomic E-state index is 13.3. The summed E-state index contributed by atoms with van der Waals surface area (Å²) in [6.07, 6.45) is -2.70. The zero-order valence-corrected chi connectivity index (χ0v) is 9.14. The van der Waals surface area contributed by atoms with Gasteiger partial charge in [-0.15, -0.1) is 0 Å². The summed E-state index contributed by atoms with van der Waals surface area (Å²) in [6.45, 7) is 0. The molecule has 0 saturated heterocycles. The number of hydrogen-bond acceptors (Lipinski definition) is 3. The van der Waals surface area contributed by atoms with E-state index in [0.717, 1.165) is 12.1 Å². The first-order valence-electron chi connectivity index (χ1n) is 4.09. The molecule has 0 aliphatic heterocycles. The molecule has 0 saturated carbocycles. The molecule has 15 heavy (non-hydrogen) atoms. The van der Waals surface area contributed by atoms with Crippen molar-refractivity contribution in [1.82, 2.24) is 0 Å². The normalized spacial score (nSPS) is 15.1. The van der Waals surface area contributed by atoms with E-state index in [-0.39, 0.29) is 11.3 Å². The molecule has 1 aromatic carbocycles. The summed E-state index contributed by atoms with van der Waals surface area (Å²) in [6, 6.07) is 1.96. The average molecular weight is 255 g/mol. The molecule has 0 aliphatic carbocycles. The predicted molar refractivity (Wildman–Crippen MR) is 56.2 cm³/mol. The summed E-state index contributed by atoms with van der Waals surface area (Å²) in [7, 11) is 0. The van der Waals surface area contributed by atoms with Crippen molar-refractivity contribution in [2.24, 2.45) is 0 Å². The van der Waals surface area contributed by atoms with E-state index in [1.165, 1.54) is 0 Å². The Balaban J connectivity index is 3.10. The maximum Gasteiger partial charge on any atom is 0.150 e. The summed E-state index contributed by atoms with van der Waals surface area (Å²) < 4.78 is 26.1. The molecular formula is C9H9ClF2O2S. The van der Waals surface area contributed by atoms with Crippen molar-refractivity contribution < 1.29 is 19.0 Å². The summed E-state index contributed by atoms with van der Waals surface area (Å²) >= 11 is 9.06. The summed E-state index contributed by atoms with van der Waals surface area (Å²) in [5.41, 5.74) is -0.247. The van der Waals surface area contributed by atoms with Crippen molar-refractivity contribution in [3.05, 3.63) is 34.4 Å². The van der Waals surface area contributed by atoms with Crippen molar-refractivity contribution in [2.45, 2.75) is 12.2 Å². The van der Waals surface area contributed by atoms with Crippen LogP contribution >= 0.6 is 24.2 Å². The number of benzene rings is 1. The third-order valence-corrected chi connectivity index (χ3v) is 2.66. The Hall–Kier alpha value is -0.360. The summed E-state index contributed by atoms with van der Waals surface area (Å²) in [5, 5.41) is 18.0. The predicted octanol–water partition coefficient (Wildman–Crippen LogP) is 1.94. The van der Waals surface area contributed by atoms with Crippen molar-refractivity contribution >= 4 is 24.2 Å². The third kappa shape index (κ3) is 2.60. The largest absolute Gasteiger partial charge is 0.389 e. The van der Waals surface area contributed by atoms with Gasteiger partial charge in [-0.25, -0.2) is 8.78 Å². The Morgan fingerprint density at radius 1 is 1.33 bits per heavy atom. The molecule has 0 aliphatic rings. The van der Waals surface area contributed by atoms with Crippen LogP contribution in [0, 0.1) is 11.6 Å². The van der Waals surface area contributed by atoms with Crippen molar-refractivity contribution in [2.75, 3.05) is 5.75 Å². The fourth-order valence-corrected chi connectivity index (χ4v) is 1.45. The van der Waals surface area contributed by atoms with E-state index in [9.17, 15) is 19.0 Å². The smallest absolute Gasteiger partial charge is 0.150 e. The standard InChI is InChI=1S/C9H9ClF2O2S/c10-7-5(11)2-1-4(8(7)12)9(14)6(13)3-15/h1-2,6,9,13-15H,3H2. The number of thiol groups is 1. The lowest BCUT2D eigenvalue weighted by atomic mass is 10.0. The molecule has 0 radical (unpaired) electrons. The summed E-state index contributed by atoms with van der Waals surface area (Å²) in [5.74, 6) is -2.02. The van der Waals surface area contributed by atoms with Crippen LogP contribution in [0.1, 0.15) is 11.7 Å². The lowest BCUT2D eigenvalue weighted by Gasteiger charge is -2.17. The second-order valence-corrected chi connectivity index (χ2v) is 3.70. The van der Waals surface area contributed by atoms with Gasteiger partial charge in [-0.3, -0.25) is 0 Å². The van der Waals surface area contributed by atoms with Gasteiger partial charge >= 0.3 is 0 Å². The molecule has 0 aromatic heterocycles. The van der Waals surface area contributed by atoms with Crippen LogP contribution in [-0.4, -0.2) is 22.1 Å². The van der Waals surface area contributed by atoms with Gasteiger partial charge in [0.15, 0.2) is 5.82 Å². The van der Waals surface area contributed by atoms with E-state index < -0.39 is 28.9 Å². The lowest BCUT2D eigenvalue weighted by molar-refractivity contribution is 0.0314. The molecule has 2 N–H and O–H groups in total. The molecule has 0 amide bonds. The lowest BCUT2D eigenvalue weighted by Crippen LogP contribution is -2.21. The van der Waals surface area contributed by atoms with Crippen LogP contribution in [0.15, 0.2) is 12.1 Å². The molecule has 1 rings (SSSR count). The average Bonchev–Trinajstić information content (AvgIpc) is 2.24. The minimum atomic E-state index is -1.47. The topological polar surface area (TPSA) is 40.5 Å². The van der Waals surface area contributed by atoms with E-state index in [0.29, 0.717) is 0 Å². The van der Waals surface area contributed by atoms with Gasteiger partial charge in [0.25, 0.3) is 0 Å². The Labute approximate surface area is 95.9 Å². The first kappa shape index (κ1) is 12.7. The highest BCUT2D eigenvalue weighted by Gasteiger charge is 2.23. The van der Waals surface area contributed by atoms with Gasteiger partial charge in [0, 0.05) is 11.3 Å². The van der Waals surface area contributed by atoms with Crippen molar-refractivity contribution in [3.8, 4) is 0 Å². The fourth-order valence-electron chi connectivity index (χ4n) is 1.08. The second-order valence-electron chi connectivity index (χ2n) is 2.96. The Morgan fingerprint density at radius 3 is 2.47 bits per heavy atom. The molecule has 0 bridgehead atoms. The third-order valence-electron chi connectivity index (χ3n) is 1.94. The molecule has 0 spiro atoms. The Kier molecular flexibility index (Phi) is 4.33. The van der Waals surface area contributed by atoms with Gasteiger partial charge in [0.2, 0.25) is 0 Å². The van der Waals surface area contributed by atoms with Crippen molar-refractivity contribution in [3.63, 3.8) is 0 Å². The molecule has 2 unspecified atom stereocenters. The number of aliphatic hydroxyl groups excluding tert-OH is 2. The van der Waals surface area contributed by atoms with E-state index in [2.05, 4.69) is 12.6 Å². The molecule has 1 aromatic rings. The number of aliphatic hydroxyl groups is 2. The number of halogens is 3. The van der Waals surface area contributed by atoms with E-state index in [1.807, 2.05) is 0 Å². The van der Waals surface area contributed by atoms with E-state index in [1.54, 1.807) is 0 Å². The highest BCUT2D eigenvalue weighted by Crippen LogP contribution is 2.27. The number of rotatable bonds is 3. The highest BCUT2D eigenvalue weighted by molar-refractivity contribution is 7.80. The minimum Gasteiger partial charge on any atom is -0.389 e. The molecule has 0 fully saturated rings. The van der Waals surface area contributed by atoms with Crippen LogP contribution in [0.2, 0.25) is 5.02 Å². The van der Waals surface area contributed by atoms with Crippen LogP contribution in [0.3, 0.4) is 0 Å². The van der Waals surface area contributed by atoms with Crippen LogP contribution in [-0.2, 0) is 0 Å². The van der Waals surface area contributed by atoms with Gasteiger partial charge in [0.05, 0.1) is 6.10 Å². The molecule has 84 valence electrons. The van der Waals surface area contributed by atoms with Gasteiger partial charge in [-0.1, -0.05) is 17.7 Å². The Bertz CT molecular complexity index is 362. The first-order chi connectivity index (χ1) is 6.99. The highest BCUT2D eigenvalue weighted by atomic mass is 35.5. The van der Waals surface area contributed by atoms with Gasteiger partial charge < -0.3 is 10.2 Å². The number of hydrogen-bond donors (Lipinski definition) is 3. The molecule has 6 heteroatoms. The van der Waals surface area contributed by atoms with Crippen LogP contribution in [0.5, 0.6) is 0 Å². The van der Waals surface area contributed by atoms with Crippen LogP contribution < -0.4 is 0 Å². The van der Waals surface area contributed by atoms with Crippen LogP contribution in [0.25, 0.3) is 0 Å². The quantitative estimate of drug-likeness (QED) is 0.570. The van der Waals surface area contributed by atoms with Gasteiger partial charge in [0.1, 0.15) is 16.9 Å². The fraction of sp³-hybridized carbons (Fsp3) is 0.333. The van der Waals surface area contributed by atoms with Gasteiger partial charge in [-0.05, 0) is 6.07 Å².